The molecule has 158 valence electrons. The average Bonchev–Trinajstić information content (AvgIpc) is 3.01. The number of benzene rings is 1. The van der Waals surface area contributed by atoms with E-state index in [-0.39, 0.29) is 17.9 Å². The SMILES string of the molecule is Cc1sc2nc(CCC(=O)Nc3cccc(CN4CCOCC4)c3)[nH]c(=O)c2c1C. The summed E-state index contributed by atoms with van der Waals surface area (Å²) in [6.45, 7) is 8.15. The lowest BCUT2D eigenvalue weighted by molar-refractivity contribution is -0.116. The van der Waals surface area contributed by atoms with Gasteiger partial charge >= 0.3 is 0 Å². The number of nitrogens with zero attached hydrogens (tertiary/aromatic N) is 2. The molecule has 1 aliphatic heterocycles. The molecule has 0 saturated carbocycles. The first-order valence-electron chi connectivity index (χ1n) is 10.2. The zero-order valence-corrected chi connectivity index (χ0v) is 18.1. The summed E-state index contributed by atoms with van der Waals surface area (Å²) in [7, 11) is 0. The Balaban J connectivity index is 1.36. The maximum atomic E-state index is 12.4. The molecule has 30 heavy (non-hydrogen) atoms. The van der Waals surface area contributed by atoms with Gasteiger partial charge in [-0.2, -0.15) is 0 Å². The summed E-state index contributed by atoms with van der Waals surface area (Å²) in [5.74, 6) is 0.449. The van der Waals surface area contributed by atoms with Crippen LogP contribution in [0.1, 0.15) is 28.2 Å². The van der Waals surface area contributed by atoms with E-state index in [1.165, 1.54) is 11.3 Å². The highest BCUT2D eigenvalue weighted by molar-refractivity contribution is 7.18. The van der Waals surface area contributed by atoms with E-state index in [1.54, 1.807) is 0 Å². The Morgan fingerprint density at radius 3 is 2.90 bits per heavy atom. The smallest absolute Gasteiger partial charge is 0.259 e. The van der Waals surface area contributed by atoms with Gasteiger partial charge in [-0.1, -0.05) is 12.1 Å². The van der Waals surface area contributed by atoms with Gasteiger partial charge in [0.15, 0.2) is 0 Å². The highest BCUT2D eigenvalue weighted by atomic mass is 32.1. The van der Waals surface area contributed by atoms with Crippen molar-refractivity contribution >= 4 is 33.1 Å². The standard InChI is InChI=1S/C22H26N4O3S/c1-14-15(2)30-22-20(14)21(28)24-18(25-22)6-7-19(27)23-17-5-3-4-16(12-17)13-26-8-10-29-11-9-26/h3-5,12H,6-11,13H2,1-2H3,(H,23,27)(H,24,25,28). The lowest BCUT2D eigenvalue weighted by Crippen LogP contribution is -2.35. The normalized spacial score (nSPS) is 14.9. The lowest BCUT2D eigenvalue weighted by atomic mass is 10.1. The quantitative estimate of drug-likeness (QED) is 0.633. The number of carbonyl (C=O) groups is 1. The minimum atomic E-state index is -0.131. The van der Waals surface area contributed by atoms with Crippen LogP contribution in [-0.2, 0) is 22.5 Å². The zero-order chi connectivity index (χ0) is 21.1. The van der Waals surface area contributed by atoms with Crippen LogP contribution in [0.4, 0.5) is 5.69 Å². The summed E-state index contributed by atoms with van der Waals surface area (Å²) in [5.41, 5.74) is 2.79. The first kappa shape index (κ1) is 20.7. The minimum absolute atomic E-state index is 0.0974. The molecule has 1 aromatic carbocycles. The number of anilines is 1. The molecular formula is C22H26N4O3S. The number of amides is 1. The van der Waals surface area contributed by atoms with Crippen molar-refractivity contribution in [2.75, 3.05) is 31.6 Å². The molecule has 0 spiro atoms. The first-order valence-corrected chi connectivity index (χ1v) is 11.0. The van der Waals surface area contributed by atoms with E-state index in [4.69, 9.17) is 4.74 Å². The molecule has 1 amide bonds. The van der Waals surface area contributed by atoms with Crippen molar-refractivity contribution in [2.45, 2.75) is 33.2 Å². The number of nitrogens with one attached hydrogen (secondary N) is 2. The Labute approximate surface area is 179 Å². The third-order valence-corrected chi connectivity index (χ3v) is 6.50. The lowest BCUT2D eigenvalue weighted by Gasteiger charge is -2.26. The third-order valence-electron chi connectivity index (χ3n) is 5.40. The van der Waals surface area contributed by atoms with Crippen molar-refractivity contribution in [3.05, 3.63) is 56.4 Å². The van der Waals surface area contributed by atoms with E-state index < -0.39 is 0 Å². The molecule has 1 saturated heterocycles. The van der Waals surface area contributed by atoms with Crippen LogP contribution in [0, 0.1) is 13.8 Å². The molecule has 8 heteroatoms. The average molecular weight is 427 g/mol. The van der Waals surface area contributed by atoms with Crippen LogP contribution in [0.3, 0.4) is 0 Å². The second-order valence-corrected chi connectivity index (χ2v) is 8.82. The highest BCUT2D eigenvalue weighted by Crippen LogP contribution is 2.25. The molecule has 1 aliphatic rings. The highest BCUT2D eigenvalue weighted by Gasteiger charge is 2.14. The number of ether oxygens (including phenoxy) is 1. The molecule has 2 aromatic heterocycles. The van der Waals surface area contributed by atoms with Crippen LogP contribution in [0.15, 0.2) is 29.1 Å². The minimum Gasteiger partial charge on any atom is -0.379 e. The largest absolute Gasteiger partial charge is 0.379 e. The molecule has 1 fully saturated rings. The molecule has 0 radical (unpaired) electrons. The van der Waals surface area contributed by atoms with Crippen LogP contribution < -0.4 is 10.9 Å². The number of aromatic amines is 1. The zero-order valence-electron chi connectivity index (χ0n) is 17.3. The van der Waals surface area contributed by atoms with Gasteiger partial charge in [-0.3, -0.25) is 14.5 Å². The summed E-state index contributed by atoms with van der Waals surface area (Å²) < 4.78 is 5.39. The predicted molar refractivity (Wildman–Crippen MR) is 119 cm³/mol. The fourth-order valence-electron chi connectivity index (χ4n) is 3.64. The van der Waals surface area contributed by atoms with Crippen molar-refractivity contribution in [2.24, 2.45) is 0 Å². The second kappa shape index (κ2) is 9.07. The Morgan fingerprint density at radius 2 is 2.10 bits per heavy atom. The number of hydrogen-bond donors (Lipinski definition) is 2. The fourth-order valence-corrected chi connectivity index (χ4v) is 4.69. The number of rotatable bonds is 6. The van der Waals surface area contributed by atoms with Crippen LogP contribution in [0.2, 0.25) is 0 Å². The summed E-state index contributed by atoms with van der Waals surface area (Å²) in [6, 6.07) is 7.93. The van der Waals surface area contributed by atoms with Gasteiger partial charge in [-0.25, -0.2) is 4.98 Å². The number of fused-ring (bicyclic) bond motifs is 1. The van der Waals surface area contributed by atoms with Crippen LogP contribution in [0.25, 0.3) is 10.2 Å². The van der Waals surface area contributed by atoms with E-state index in [2.05, 4.69) is 26.3 Å². The third kappa shape index (κ3) is 4.77. The van der Waals surface area contributed by atoms with Crippen LogP contribution in [-0.4, -0.2) is 47.1 Å². The maximum Gasteiger partial charge on any atom is 0.259 e. The topological polar surface area (TPSA) is 87.3 Å². The Hall–Kier alpha value is -2.55. The van der Waals surface area contributed by atoms with Gasteiger partial charge in [-0.05, 0) is 37.1 Å². The summed E-state index contributed by atoms with van der Waals surface area (Å²) in [5, 5.41) is 3.61. The molecule has 0 unspecified atom stereocenters. The van der Waals surface area contributed by atoms with Crippen LogP contribution >= 0.6 is 11.3 Å². The van der Waals surface area contributed by atoms with Crippen molar-refractivity contribution in [1.29, 1.82) is 0 Å². The van der Waals surface area contributed by atoms with Crippen molar-refractivity contribution in [3.63, 3.8) is 0 Å². The number of thiophene rings is 1. The summed E-state index contributed by atoms with van der Waals surface area (Å²) in [4.78, 5) is 36.3. The Kier molecular flexibility index (Phi) is 6.26. The Bertz CT molecular complexity index is 1120. The second-order valence-electron chi connectivity index (χ2n) is 7.61. The molecule has 7 nitrogen and oxygen atoms in total. The van der Waals surface area contributed by atoms with Gasteiger partial charge in [0.2, 0.25) is 5.91 Å². The summed E-state index contributed by atoms with van der Waals surface area (Å²) in [6.07, 6.45) is 0.645. The molecule has 4 rings (SSSR count). The van der Waals surface area contributed by atoms with Crippen molar-refractivity contribution in [1.82, 2.24) is 14.9 Å². The van der Waals surface area contributed by atoms with Gasteiger partial charge in [0.05, 0.1) is 18.6 Å². The van der Waals surface area contributed by atoms with Crippen molar-refractivity contribution < 1.29 is 9.53 Å². The van der Waals surface area contributed by atoms with Gasteiger partial charge in [0.1, 0.15) is 10.7 Å². The number of hydrogen-bond acceptors (Lipinski definition) is 6. The van der Waals surface area contributed by atoms with Crippen molar-refractivity contribution in [3.8, 4) is 0 Å². The van der Waals surface area contributed by atoms with E-state index in [9.17, 15) is 9.59 Å². The predicted octanol–water partition coefficient (Wildman–Crippen LogP) is 3.00. The molecule has 0 aliphatic carbocycles. The number of carbonyl (C=O) groups excluding carboxylic acids is 1. The van der Waals surface area contributed by atoms with E-state index in [0.29, 0.717) is 17.6 Å². The van der Waals surface area contributed by atoms with E-state index in [1.807, 2.05) is 32.0 Å². The fraction of sp³-hybridized carbons (Fsp3) is 0.409. The first-order chi connectivity index (χ1) is 14.5. The van der Waals surface area contributed by atoms with E-state index in [0.717, 1.165) is 59.4 Å². The van der Waals surface area contributed by atoms with Crippen LogP contribution in [0.5, 0.6) is 0 Å². The number of morpholine rings is 1. The maximum absolute atomic E-state index is 12.4. The molecular weight excluding hydrogens is 400 g/mol. The molecule has 0 atom stereocenters. The molecule has 3 aromatic rings. The molecule has 0 bridgehead atoms. The van der Waals surface area contributed by atoms with E-state index >= 15 is 0 Å². The molecule has 2 N–H and O–H groups in total. The monoisotopic (exact) mass is 426 g/mol. The van der Waals surface area contributed by atoms with Gasteiger partial charge < -0.3 is 15.0 Å². The number of H-pyrrole nitrogens is 1. The molecule has 3 heterocycles. The Morgan fingerprint density at radius 1 is 1.30 bits per heavy atom. The number of aryl methyl sites for hydroxylation is 3. The van der Waals surface area contributed by atoms with Gasteiger partial charge in [0.25, 0.3) is 5.56 Å². The summed E-state index contributed by atoms with van der Waals surface area (Å²) >= 11 is 1.52. The van der Waals surface area contributed by atoms with Gasteiger partial charge in [-0.15, -0.1) is 11.3 Å². The van der Waals surface area contributed by atoms with Gasteiger partial charge in [0, 0.05) is 43.0 Å². The number of aromatic nitrogens is 2.